The molecule has 0 aliphatic carbocycles. The Labute approximate surface area is 129 Å². The first kappa shape index (κ1) is 14.6. The van der Waals surface area contributed by atoms with Crippen molar-refractivity contribution in [3.63, 3.8) is 0 Å². The van der Waals surface area contributed by atoms with E-state index >= 15 is 0 Å². The summed E-state index contributed by atoms with van der Waals surface area (Å²) in [4.78, 5) is 30.1. The molecule has 0 bridgehead atoms. The summed E-state index contributed by atoms with van der Waals surface area (Å²) in [7, 11) is 0. The summed E-state index contributed by atoms with van der Waals surface area (Å²) >= 11 is 0. The highest BCUT2D eigenvalue weighted by molar-refractivity contribution is 5.90. The van der Waals surface area contributed by atoms with E-state index in [1.807, 2.05) is 24.3 Å². The van der Waals surface area contributed by atoms with Crippen LogP contribution in [-0.2, 0) is 9.59 Å². The summed E-state index contributed by atoms with van der Waals surface area (Å²) in [5.74, 6) is -0.123. The Bertz CT molecular complexity index is 680. The molecule has 1 saturated heterocycles. The number of carbonyl (C=O) groups is 2. The summed E-state index contributed by atoms with van der Waals surface area (Å²) in [6, 6.07) is 7.58. The number of nitrogens with one attached hydrogen (secondary N) is 1. The lowest BCUT2D eigenvalue weighted by Crippen LogP contribution is -2.40. The highest BCUT2D eigenvalue weighted by atomic mass is 16.2. The van der Waals surface area contributed by atoms with E-state index in [1.165, 1.54) is 0 Å². The molecule has 2 amide bonds. The van der Waals surface area contributed by atoms with E-state index in [9.17, 15) is 9.59 Å². The quantitative estimate of drug-likeness (QED) is 0.941. The Morgan fingerprint density at radius 3 is 2.91 bits per heavy atom. The molecule has 1 aliphatic rings. The largest absolute Gasteiger partial charge is 0.333 e. The number of hydrogen-bond donors (Lipinski definition) is 1. The van der Waals surface area contributed by atoms with Gasteiger partial charge in [-0.05, 0) is 25.0 Å². The molecule has 0 atom stereocenters. The second-order valence-electron chi connectivity index (χ2n) is 5.62. The van der Waals surface area contributed by atoms with Crippen LogP contribution in [0, 0.1) is 0 Å². The molecule has 22 heavy (non-hydrogen) atoms. The first-order valence-electron chi connectivity index (χ1n) is 7.74. The minimum Gasteiger partial charge on any atom is -0.333 e. The zero-order valence-electron chi connectivity index (χ0n) is 12.5. The Kier molecular flexibility index (Phi) is 4.37. The van der Waals surface area contributed by atoms with E-state index in [0.717, 1.165) is 36.7 Å². The molecule has 0 spiro atoms. The second kappa shape index (κ2) is 6.60. The lowest BCUT2D eigenvalue weighted by atomic mass is 10.1. The monoisotopic (exact) mass is 300 g/mol. The van der Waals surface area contributed by atoms with Crippen LogP contribution in [0.5, 0.6) is 0 Å². The Morgan fingerprint density at radius 2 is 2.00 bits per heavy atom. The molecule has 1 aromatic carbocycles. The van der Waals surface area contributed by atoms with E-state index in [2.05, 4.69) is 10.4 Å². The van der Waals surface area contributed by atoms with Crippen molar-refractivity contribution < 1.29 is 9.59 Å². The van der Waals surface area contributed by atoms with Gasteiger partial charge in [0.15, 0.2) is 0 Å². The van der Waals surface area contributed by atoms with Gasteiger partial charge in [0, 0.05) is 13.0 Å². The van der Waals surface area contributed by atoms with Gasteiger partial charge in [-0.3, -0.25) is 15.0 Å². The number of amides is 2. The molecule has 2 heterocycles. The fraction of sp³-hybridized carbons (Fsp3) is 0.438. The van der Waals surface area contributed by atoms with E-state index in [0.29, 0.717) is 13.0 Å². The minimum atomic E-state index is -0.197. The van der Waals surface area contributed by atoms with E-state index in [-0.39, 0.29) is 18.4 Å². The van der Waals surface area contributed by atoms with E-state index in [1.54, 1.807) is 15.9 Å². The van der Waals surface area contributed by atoms with Crippen LogP contribution in [0.3, 0.4) is 0 Å². The maximum atomic E-state index is 12.2. The van der Waals surface area contributed by atoms with Crippen molar-refractivity contribution >= 4 is 22.8 Å². The first-order valence-corrected chi connectivity index (χ1v) is 7.74. The van der Waals surface area contributed by atoms with Crippen LogP contribution < -0.4 is 5.43 Å². The smallest absolute Gasteiger partial charge is 0.258 e. The Hall–Kier alpha value is -2.37. The van der Waals surface area contributed by atoms with Crippen LogP contribution in [0.2, 0.25) is 0 Å². The fourth-order valence-corrected chi connectivity index (χ4v) is 2.77. The molecule has 2 aromatic rings. The summed E-state index contributed by atoms with van der Waals surface area (Å²) < 4.78 is 1.60. The van der Waals surface area contributed by atoms with Crippen LogP contribution >= 0.6 is 0 Å². The number of fused-ring (bicyclic) bond motifs is 1. The van der Waals surface area contributed by atoms with Gasteiger partial charge in [-0.2, -0.15) is 0 Å². The third-order valence-electron chi connectivity index (χ3n) is 3.95. The van der Waals surface area contributed by atoms with Gasteiger partial charge in [0.25, 0.3) is 5.91 Å². The molecule has 1 aliphatic heterocycles. The zero-order valence-corrected chi connectivity index (χ0v) is 12.5. The zero-order chi connectivity index (χ0) is 15.4. The van der Waals surface area contributed by atoms with Crippen molar-refractivity contribution in [1.29, 1.82) is 0 Å². The number of benzene rings is 1. The molecule has 6 nitrogen and oxygen atoms in total. The van der Waals surface area contributed by atoms with Crippen molar-refractivity contribution in [2.24, 2.45) is 0 Å². The van der Waals surface area contributed by atoms with Gasteiger partial charge in [-0.25, -0.2) is 9.66 Å². The topological polar surface area (TPSA) is 67.2 Å². The van der Waals surface area contributed by atoms with Gasteiger partial charge >= 0.3 is 0 Å². The van der Waals surface area contributed by atoms with Gasteiger partial charge in [0.2, 0.25) is 5.91 Å². The van der Waals surface area contributed by atoms with Crippen molar-refractivity contribution in [3.05, 3.63) is 30.6 Å². The number of nitrogens with zero attached hydrogens (tertiary/aromatic N) is 3. The molecule has 116 valence electrons. The molecule has 0 unspecified atom stereocenters. The van der Waals surface area contributed by atoms with Crippen LogP contribution in [0.1, 0.15) is 32.1 Å². The predicted molar refractivity (Wildman–Crippen MR) is 83.8 cm³/mol. The number of rotatable bonds is 3. The van der Waals surface area contributed by atoms with Crippen molar-refractivity contribution in [2.45, 2.75) is 32.1 Å². The third kappa shape index (κ3) is 3.27. The molecule has 3 rings (SSSR count). The average molecular weight is 300 g/mol. The minimum absolute atomic E-state index is 0.0744. The first-order chi connectivity index (χ1) is 10.7. The van der Waals surface area contributed by atoms with Crippen LogP contribution in [0.15, 0.2) is 30.6 Å². The lowest BCUT2D eigenvalue weighted by Gasteiger charge is -2.24. The van der Waals surface area contributed by atoms with Crippen LogP contribution in [0.25, 0.3) is 11.0 Å². The summed E-state index contributed by atoms with van der Waals surface area (Å²) in [6.45, 7) is 0.766. The molecule has 1 N–H and O–H groups in total. The summed E-state index contributed by atoms with van der Waals surface area (Å²) in [5, 5.41) is 0. The lowest BCUT2D eigenvalue weighted by molar-refractivity contribution is -0.135. The van der Waals surface area contributed by atoms with Gasteiger partial charge in [0.05, 0.1) is 11.0 Å². The van der Waals surface area contributed by atoms with E-state index in [4.69, 9.17) is 0 Å². The number of hydrogen-bond acceptors (Lipinski definition) is 3. The van der Waals surface area contributed by atoms with Gasteiger partial charge in [-0.15, -0.1) is 0 Å². The fourth-order valence-electron chi connectivity index (χ4n) is 2.77. The molecule has 0 radical (unpaired) electrons. The number of para-hydroxylation sites is 2. The van der Waals surface area contributed by atoms with Crippen LogP contribution in [-0.4, -0.2) is 39.5 Å². The number of carbonyl (C=O) groups excluding carboxylic acids is 2. The number of likely N-dealkylation sites (tertiary alicyclic amines) is 1. The number of imidazole rings is 1. The SMILES string of the molecule is O=C(CN1CCCCCCC1=O)Nn1cnc2ccccc21. The normalized spacial score (nSPS) is 16.4. The van der Waals surface area contributed by atoms with Gasteiger partial charge in [0.1, 0.15) is 12.9 Å². The van der Waals surface area contributed by atoms with Crippen molar-refractivity contribution in [1.82, 2.24) is 14.6 Å². The molecular formula is C16H20N4O2. The van der Waals surface area contributed by atoms with Crippen LogP contribution in [0.4, 0.5) is 0 Å². The van der Waals surface area contributed by atoms with Gasteiger partial charge < -0.3 is 4.90 Å². The maximum Gasteiger partial charge on any atom is 0.258 e. The molecular weight excluding hydrogens is 280 g/mol. The highest BCUT2D eigenvalue weighted by Crippen LogP contribution is 2.12. The highest BCUT2D eigenvalue weighted by Gasteiger charge is 2.18. The Balaban J connectivity index is 1.65. The molecule has 1 fully saturated rings. The second-order valence-corrected chi connectivity index (χ2v) is 5.62. The van der Waals surface area contributed by atoms with E-state index < -0.39 is 0 Å². The van der Waals surface area contributed by atoms with Gasteiger partial charge in [-0.1, -0.05) is 25.0 Å². The summed E-state index contributed by atoms with van der Waals surface area (Å²) in [6.07, 6.45) is 6.24. The van der Waals surface area contributed by atoms with Crippen molar-refractivity contribution in [3.8, 4) is 0 Å². The third-order valence-corrected chi connectivity index (χ3v) is 3.95. The summed E-state index contributed by atoms with van der Waals surface area (Å²) in [5.41, 5.74) is 4.46. The number of aromatic nitrogens is 2. The Morgan fingerprint density at radius 1 is 1.18 bits per heavy atom. The predicted octanol–water partition coefficient (Wildman–Crippen LogP) is 1.90. The standard InChI is InChI=1S/C16H20N4O2/c21-15(11-19-10-6-2-1-3-9-16(19)22)18-20-12-17-13-7-4-5-8-14(13)20/h4-5,7-8,12H,1-3,6,9-11H2,(H,18,21). The molecule has 0 saturated carbocycles. The average Bonchev–Trinajstić information content (AvgIpc) is 2.90. The maximum absolute atomic E-state index is 12.2. The molecule has 6 heteroatoms. The van der Waals surface area contributed by atoms with Crippen molar-refractivity contribution in [2.75, 3.05) is 18.5 Å². The molecule has 1 aromatic heterocycles.